The van der Waals surface area contributed by atoms with Gasteiger partial charge in [0.15, 0.2) is 0 Å². The molecule has 0 amide bonds. The van der Waals surface area contributed by atoms with E-state index >= 15 is 0 Å². The van der Waals surface area contributed by atoms with Crippen LogP contribution in [0.1, 0.15) is 25.7 Å². The molecule has 0 radical (unpaired) electrons. The molecule has 7 heteroatoms. The second kappa shape index (κ2) is 6.60. The predicted molar refractivity (Wildman–Crippen MR) is 81.5 cm³/mol. The maximum atomic E-state index is 13.3. The zero-order valence-electron chi connectivity index (χ0n) is 12.1. The summed E-state index contributed by atoms with van der Waals surface area (Å²) in [5.74, 6) is -0.606. The molecule has 21 heavy (non-hydrogen) atoms. The Kier molecular flexibility index (Phi) is 5.24. The summed E-state index contributed by atoms with van der Waals surface area (Å²) in [5, 5.41) is 3.26. The summed E-state index contributed by atoms with van der Waals surface area (Å²) in [7, 11) is -0.318. The SMILES string of the molecule is CNC1CCC(N(C)S(=O)(=O)c2cc(F)ccc2Cl)CC1. The van der Waals surface area contributed by atoms with E-state index in [2.05, 4.69) is 5.32 Å². The van der Waals surface area contributed by atoms with Crippen molar-refractivity contribution in [2.24, 2.45) is 0 Å². The van der Waals surface area contributed by atoms with Crippen LogP contribution in [0.25, 0.3) is 0 Å². The van der Waals surface area contributed by atoms with Gasteiger partial charge in [0.1, 0.15) is 10.7 Å². The van der Waals surface area contributed by atoms with Crippen molar-refractivity contribution < 1.29 is 12.8 Å². The van der Waals surface area contributed by atoms with Crippen LogP contribution >= 0.6 is 11.6 Å². The monoisotopic (exact) mass is 334 g/mol. The van der Waals surface area contributed by atoms with Crippen LogP contribution in [0.4, 0.5) is 4.39 Å². The lowest BCUT2D eigenvalue weighted by molar-refractivity contribution is 0.255. The van der Waals surface area contributed by atoms with Gasteiger partial charge in [-0.15, -0.1) is 0 Å². The quantitative estimate of drug-likeness (QED) is 0.921. The van der Waals surface area contributed by atoms with Crippen LogP contribution in [0.5, 0.6) is 0 Å². The Morgan fingerprint density at radius 1 is 1.29 bits per heavy atom. The zero-order chi connectivity index (χ0) is 15.6. The van der Waals surface area contributed by atoms with Crippen molar-refractivity contribution in [2.75, 3.05) is 14.1 Å². The number of nitrogens with one attached hydrogen (secondary N) is 1. The van der Waals surface area contributed by atoms with Crippen LogP contribution in [-0.2, 0) is 10.0 Å². The van der Waals surface area contributed by atoms with E-state index < -0.39 is 15.8 Å². The van der Waals surface area contributed by atoms with E-state index in [1.165, 1.54) is 10.4 Å². The molecular formula is C14H20ClFN2O2S. The molecule has 0 aromatic heterocycles. The van der Waals surface area contributed by atoms with Crippen molar-refractivity contribution in [1.29, 1.82) is 0 Å². The number of benzene rings is 1. The minimum atomic E-state index is -3.78. The molecule has 0 saturated heterocycles. The second-order valence-corrected chi connectivity index (χ2v) is 7.76. The molecule has 1 aromatic rings. The standard InChI is InChI=1S/C14H20ClFN2O2S/c1-17-11-4-6-12(7-5-11)18(2)21(19,20)14-9-10(16)3-8-13(14)15/h3,8-9,11-12,17H,4-7H2,1-2H3. The smallest absolute Gasteiger partial charge is 0.244 e. The summed E-state index contributed by atoms with van der Waals surface area (Å²) in [5.41, 5.74) is 0. The largest absolute Gasteiger partial charge is 0.317 e. The molecule has 118 valence electrons. The Morgan fingerprint density at radius 2 is 1.90 bits per heavy atom. The van der Waals surface area contributed by atoms with Crippen LogP contribution in [0.2, 0.25) is 5.02 Å². The van der Waals surface area contributed by atoms with Gasteiger partial charge in [0.2, 0.25) is 10.0 Å². The first kappa shape index (κ1) is 16.7. The third-order valence-electron chi connectivity index (χ3n) is 4.17. The average molecular weight is 335 g/mol. The Hall–Kier alpha value is -0.690. The molecule has 0 aliphatic heterocycles. The Balaban J connectivity index is 2.21. The van der Waals surface area contributed by atoms with Gasteiger partial charge < -0.3 is 5.32 Å². The van der Waals surface area contributed by atoms with Gasteiger partial charge in [-0.3, -0.25) is 0 Å². The minimum absolute atomic E-state index is 0.0483. The highest BCUT2D eigenvalue weighted by atomic mass is 35.5. The first-order chi connectivity index (χ1) is 9.86. The highest BCUT2D eigenvalue weighted by Gasteiger charge is 2.32. The summed E-state index contributed by atoms with van der Waals surface area (Å²) in [4.78, 5) is -0.164. The van der Waals surface area contributed by atoms with Gasteiger partial charge in [-0.2, -0.15) is 4.31 Å². The Morgan fingerprint density at radius 3 is 2.48 bits per heavy atom. The summed E-state index contributed by atoms with van der Waals surface area (Å²) in [6.45, 7) is 0. The van der Waals surface area contributed by atoms with E-state index in [0.29, 0.717) is 6.04 Å². The maximum absolute atomic E-state index is 13.3. The second-order valence-electron chi connectivity index (χ2n) is 5.39. The minimum Gasteiger partial charge on any atom is -0.317 e. The van der Waals surface area contributed by atoms with Crippen molar-refractivity contribution in [3.05, 3.63) is 29.0 Å². The molecule has 1 saturated carbocycles. The number of sulfonamides is 1. The fourth-order valence-corrected chi connectivity index (χ4v) is 4.65. The van der Waals surface area contributed by atoms with Gasteiger partial charge in [0.05, 0.1) is 5.02 Å². The van der Waals surface area contributed by atoms with E-state index in [1.54, 1.807) is 7.05 Å². The lowest BCUT2D eigenvalue weighted by Gasteiger charge is -2.34. The Bertz CT molecular complexity index is 601. The van der Waals surface area contributed by atoms with Gasteiger partial charge in [0.25, 0.3) is 0 Å². The number of hydrogen-bond donors (Lipinski definition) is 1. The van der Waals surface area contributed by atoms with Crippen LogP contribution in [0, 0.1) is 5.82 Å². The molecule has 1 N–H and O–H groups in total. The number of rotatable bonds is 4. The van der Waals surface area contributed by atoms with E-state index in [0.717, 1.165) is 37.8 Å². The number of halogens is 2. The number of nitrogens with zero attached hydrogens (tertiary/aromatic N) is 1. The number of hydrogen-bond acceptors (Lipinski definition) is 3. The molecule has 0 atom stereocenters. The van der Waals surface area contributed by atoms with Crippen LogP contribution in [0.15, 0.2) is 23.1 Å². The average Bonchev–Trinajstić information content (AvgIpc) is 2.49. The summed E-state index contributed by atoms with van der Waals surface area (Å²) >= 11 is 5.93. The molecule has 0 spiro atoms. The van der Waals surface area contributed by atoms with Gasteiger partial charge in [-0.1, -0.05) is 11.6 Å². The third kappa shape index (κ3) is 3.56. The van der Waals surface area contributed by atoms with Crippen LogP contribution in [-0.4, -0.2) is 38.9 Å². The van der Waals surface area contributed by atoms with Gasteiger partial charge in [0, 0.05) is 19.1 Å². The summed E-state index contributed by atoms with van der Waals surface area (Å²) in [6.07, 6.45) is 3.43. The molecule has 4 nitrogen and oxygen atoms in total. The molecule has 1 aliphatic rings. The van der Waals surface area contributed by atoms with E-state index in [4.69, 9.17) is 11.6 Å². The molecule has 0 bridgehead atoms. The van der Waals surface area contributed by atoms with Crippen LogP contribution < -0.4 is 5.32 Å². The van der Waals surface area contributed by atoms with Crippen molar-refractivity contribution >= 4 is 21.6 Å². The van der Waals surface area contributed by atoms with Crippen molar-refractivity contribution in [1.82, 2.24) is 9.62 Å². The topological polar surface area (TPSA) is 49.4 Å². The molecule has 1 aliphatic carbocycles. The zero-order valence-corrected chi connectivity index (χ0v) is 13.7. The van der Waals surface area contributed by atoms with Crippen LogP contribution in [0.3, 0.4) is 0 Å². The van der Waals surface area contributed by atoms with Gasteiger partial charge in [-0.25, -0.2) is 12.8 Å². The van der Waals surface area contributed by atoms with Crippen molar-refractivity contribution in [3.63, 3.8) is 0 Å². The first-order valence-corrected chi connectivity index (χ1v) is 8.78. The molecule has 0 unspecified atom stereocenters. The lowest BCUT2D eigenvalue weighted by atomic mass is 9.91. The first-order valence-electron chi connectivity index (χ1n) is 6.96. The van der Waals surface area contributed by atoms with Crippen molar-refractivity contribution in [3.8, 4) is 0 Å². The van der Waals surface area contributed by atoms with Gasteiger partial charge in [-0.05, 0) is 50.9 Å². The molecule has 0 heterocycles. The maximum Gasteiger partial charge on any atom is 0.244 e. The third-order valence-corrected chi connectivity index (χ3v) is 6.56. The normalized spacial score (nSPS) is 23.5. The molecule has 1 fully saturated rings. The Labute approximate surface area is 130 Å². The van der Waals surface area contributed by atoms with Crippen molar-refractivity contribution in [2.45, 2.75) is 42.7 Å². The fraction of sp³-hybridized carbons (Fsp3) is 0.571. The molecule has 1 aromatic carbocycles. The van der Waals surface area contributed by atoms with E-state index in [-0.39, 0.29) is 16.0 Å². The highest BCUT2D eigenvalue weighted by Crippen LogP contribution is 2.30. The molecular weight excluding hydrogens is 315 g/mol. The fourth-order valence-electron chi connectivity index (χ4n) is 2.75. The highest BCUT2D eigenvalue weighted by molar-refractivity contribution is 7.89. The van der Waals surface area contributed by atoms with E-state index in [9.17, 15) is 12.8 Å². The van der Waals surface area contributed by atoms with Gasteiger partial charge >= 0.3 is 0 Å². The molecule has 2 rings (SSSR count). The lowest BCUT2D eigenvalue weighted by Crippen LogP contribution is -2.42. The van der Waals surface area contributed by atoms with E-state index in [1.807, 2.05) is 7.05 Å². The summed E-state index contributed by atoms with van der Waals surface area (Å²) < 4.78 is 39.9. The summed E-state index contributed by atoms with van der Waals surface area (Å²) in [6, 6.07) is 3.77. The predicted octanol–water partition coefficient (Wildman–Crippen LogP) is 2.63.